The quantitative estimate of drug-likeness (QED) is 0.0211. The van der Waals surface area contributed by atoms with Gasteiger partial charge in [0, 0.05) is 12.8 Å². The summed E-state index contributed by atoms with van der Waals surface area (Å²) in [6.45, 7) is 4.78. The summed E-state index contributed by atoms with van der Waals surface area (Å²) in [6, 6.07) is 0. The van der Waals surface area contributed by atoms with Crippen LogP contribution in [0.1, 0.15) is 322 Å². The van der Waals surface area contributed by atoms with Crippen LogP contribution in [0.3, 0.4) is 0 Å². The lowest BCUT2D eigenvalue weighted by molar-refractivity contribution is -0.870. The van der Waals surface area contributed by atoms with Crippen molar-refractivity contribution in [2.24, 2.45) is 0 Å². The Hall–Kier alpha value is -3.79. The summed E-state index contributed by atoms with van der Waals surface area (Å²) in [4.78, 5) is 37.7. The van der Waals surface area contributed by atoms with Crippen LogP contribution in [0.5, 0.6) is 0 Å². The molecule has 2 unspecified atom stereocenters. The molecule has 0 aliphatic heterocycles. The molecule has 0 amide bonds. The third kappa shape index (κ3) is 69.5. The number of hydrogen-bond donors (Lipinski definition) is 1. The number of allylic oxidation sites excluding steroid dienone is 16. The van der Waals surface area contributed by atoms with Crippen LogP contribution < -0.4 is 0 Å². The number of carboxylic acid groups (broad SMARTS) is 1. The Labute approximate surface area is 537 Å². The fourth-order valence-electron chi connectivity index (χ4n) is 10.3. The zero-order valence-electron chi connectivity index (χ0n) is 57.4. The standard InChI is InChI=1S/C78H137NO8/c1-6-8-10-12-14-16-18-20-22-24-26-28-30-32-34-36-37-38-39-41-42-44-46-48-50-52-54-56-58-60-62-64-66-68-75(80)85-72-74(73-86-78(77(82)83)84-71-70-79(3,4)5)87-76(81)69-67-65-63-61-59-57-55-53-51-49-47-45-43-40-35-33-31-29-27-25-23-21-19-17-15-13-11-9-7-2/h9,11,15,17-18,20-21,23-24,26-27,29,33,35,43,45,74,78H,6-8,10,12-14,16,19,22,25,28,30-32,34,36-42,44,46-73H2,1-5H3/p+1/b11-9-,17-15-,20-18-,23-21-,26-24-,29-27-,35-33-,45-43-. The first-order valence-electron chi connectivity index (χ1n) is 36.4. The van der Waals surface area contributed by atoms with Crippen LogP contribution in [0.4, 0.5) is 0 Å². The van der Waals surface area contributed by atoms with Crippen LogP contribution in [-0.4, -0.2) is 87.4 Å². The van der Waals surface area contributed by atoms with E-state index >= 15 is 0 Å². The highest BCUT2D eigenvalue weighted by Gasteiger charge is 2.25. The molecule has 0 bridgehead atoms. The molecular weight excluding hydrogens is 1080 g/mol. The summed E-state index contributed by atoms with van der Waals surface area (Å²) in [7, 11) is 5.98. The van der Waals surface area contributed by atoms with Gasteiger partial charge in [-0.3, -0.25) is 9.59 Å². The van der Waals surface area contributed by atoms with E-state index in [-0.39, 0.29) is 32.2 Å². The number of carbonyl (C=O) groups is 3. The minimum Gasteiger partial charge on any atom is -0.477 e. The fourth-order valence-corrected chi connectivity index (χ4v) is 10.3. The van der Waals surface area contributed by atoms with Crippen LogP contribution >= 0.6 is 0 Å². The Morgan fingerprint density at radius 2 is 0.655 bits per heavy atom. The number of hydrogen-bond acceptors (Lipinski definition) is 7. The van der Waals surface area contributed by atoms with E-state index in [0.717, 1.165) is 89.9 Å². The normalized spacial score (nSPS) is 13.3. The van der Waals surface area contributed by atoms with Crippen molar-refractivity contribution in [3.8, 4) is 0 Å². The van der Waals surface area contributed by atoms with Crippen LogP contribution in [0, 0.1) is 0 Å². The van der Waals surface area contributed by atoms with E-state index in [4.69, 9.17) is 18.9 Å². The van der Waals surface area contributed by atoms with E-state index in [1.54, 1.807) is 0 Å². The number of carboxylic acids is 1. The van der Waals surface area contributed by atoms with Crippen LogP contribution in [0.2, 0.25) is 0 Å². The molecule has 0 radical (unpaired) electrons. The molecule has 0 rings (SSSR count). The number of aliphatic carboxylic acids is 1. The molecule has 0 aliphatic carbocycles. The minimum absolute atomic E-state index is 0.184. The van der Waals surface area contributed by atoms with Gasteiger partial charge in [-0.2, -0.15) is 0 Å². The molecule has 0 spiro atoms. The van der Waals surface area contributed by atoms with E-state index in [2.05, 4.69) is 111 Å². The van der Waals surface area contributed by atoms with Gasteiger partial charge < -0.3 is 28.5 Å². The lowest BCUT2D eigenvalue weighted by atomic mass is 10.0. The molecular formula is C78H138NO8+. The van der Waals surface area contributed by atoms with Gasteiger partial charge in [0.15, 0.2) is 6.10 Å². The van der Waals surface area contributed by atoms with Crippen molar-refractivity contribution in [1.29, 1.82) is 0 Å². The number of carbonyl (C=O) groups excluding carboxylic acids is 2. The summed E-state index contributed by atoms with van der Waals surface area (Å²) >= 11 is 0. The highest BCUT2D eigenvalue weighted by molar-refractivity contribution is 5.71. The molecule has 0 heterocycles. The topological polar surface area (TPSA) is 108 Å². The second-order valence-electron chi connectivity index (χ2n) is 25.5. The Balaban J connectivity index is 4.09. The monoisotopic (exact) mass is 1220 g/mol. The Kier molecular flexibility index (Phi) is 65.2. The fraction of sp³-hybridized carbons (Fsp3) is 0.756. The van der Waals surface area contributed by atoms with Gasteiger partial charge in [-0.05, 0) is 96.3 Å². The number of rotatable bonds is 67. The van der Waals surface area contributed by atoms with Crippen molar-refractivity contribution >= 4 is 17.9 Å². The lowest BCUT2D eigenvalue weighted by Gasteiger charge is -2.25. The summed E-state index contributed by atoms with van der Waals surface area (Å²) in [5, 5.41) is 9.75. The summed E-state index contributed by atoms with van der Waals surface area (Å²) in [5.74, 6) is -2.00. The van der Waals surface area contributed by atoms with Crippen LogP contribution in [0.15, 0.2) is 97.2 Å². The summed E-state index contributed by atoms with van der Waals surface area (Å²) in [6.07, 6.45) is 91.0. The number of esters is 2. The van der Waals surface area contributed by atoms with E-state index < -0.39 is 24.3 Å². The summed E-state index contributed by atoms with van der Waals surface area (Å²) < 4.78 is 23.0. The van der Waals surface area contributed by atoms with Crippen molar-refractivity contribution in [3.05, 3.63) is 97.2 Å². The number of unbranched alkanes of at least 4 members (excludes halogenated alkanes) is 36. The van der Waals surface area contributed by atoms with Crippen molar-refractivity contribution in [2.75, 3.05) is 47.5 Å². The predicted molar refractivity (Wildman–Crippen MR) is 373 cm³/mol. The smallest absolute Gasteiger partial charge is 0.361 e. The van der Waals surface area contributed by atoms with Crippen molar-refractivity contribution in [1.82, 2.24) is 0 Å². The molecule has 0 aromatic heterocycles. The third-order valence-corrected chi connectivity index (χ3v) is 15.8. The van der Waals surface area contributed by atoms with E-state index in [1.165, 1.54) is 199 Å². The molecule has 502 valence electrons. The number of ether oxygens (including phenoxy) is 4. The Morgan fingerprint density at radius 3 is 0.977 bits per heavy atom. The van der Waals surface area contributed by atoms with Gasteiger partial charge >= 0.3 is 17.9 Å². The van der Waals surface area contributed by atoms with Gasteiger partial charge in [0.25, 0.3) is 6.29 Å². The number of nitrogens with zero attached hydrogens (tertiary/aromatic N) is 1. The largest absolute Gasteiger partial charge is 0.477 e. The lowest BCUT2D eigenvalue weighted by Crippen LogP contribution is -2.40. The van der Waals surface area contributed by atoms with Gasteiger partial charge in [0.1, 0.15) is 13.2 Å². The minimum atomic E-state index is -1.52. The van der Waals surface area contributed by atoms with Crippen molar-refractivity contribution in [3.63, 3.8) is 0 Å². The first kappa shape index (κ1) is 83.2. The Morgan fingerprint density at radius 1 is 0.356 bits per heavy atom. The SMILES string of the molecule is CC/C=C\C/C=C\C/C=C\C/C=C\C/C=C\C/C=C\CCCCCCCCCCCCC(=O)OC(COC(=O)CCCCCCCCCCCCCCCCCCCCCCC/C=C\C/C=C\CCCCCCC)COC(OCC[N+](C)(C)C)C(=O)O. The third-order valence-electron chi connectivity index (χ3n) is 15.8. The first-order chi connectivity index (χ1) is 42.6. The van der Waals surface area contributed by atoms with E-state index in [9.17, 15) is 19.5 Å². The molecule has 0 saturated carbocycles. The maximum atomic E-state index is 13.0. The highest BCUT2D eigenvalue weighted by atomic mass is 16.7. The average molecular weight is 1220 g/mol. The second-order valence-corrected chi connectivity index (χ2v) is 25.5. The number of quaternary nitrogens is 1. The molecule has 9 nitrogen and oxygen atoms in total. The Bertz CT molecular complexity index is 1750. The van der Waals surface area contributed by atoms with Crippen molar-refractivity contribution < 1.29 is 42.9 Å². The second kappa shape index (κ2) is 68.1. The van der Waals surface area contributed by atoms with E-state index in [0.29, 0.717) is 23.9 Å². The molecule has 1 N–H and O–H groups in total. The molecule has 0 aromatic rings. The molecule has 9 heteroatoms. The van der Waals surface area contributed by atoms with Crippen LogP contribution in [-0.2, 0) is 33.3 Å². The van der Waals surface area contributed by atoms with Gasteiger partial charge in [-0.15, -0.1) is 0 Å². The maximum Gasteiger partial charge on any atom is 0.361 e. The molecule has 0 aliphatic rings. The van der Waals surface area contributed by atoms with Crippen LogP contribution in [0.25, 0.3) is 0 Å². The molecule has 0 aromatic carbocycles. The van der Waals surface area contributed by atoms with Gasteiger partial charge in [0.2, 0.25) is 0 Å². The molecule has 2 atom stereocenters. The van der Waals surface area contributed by atoms with Crippen molar-refractivity contribution in [2.45, 2.75) is 334 Å². The molecule has 0 saturated heterocycles. The van der Waals surface area contributed by atoms with Gasteiger partial charge in [-0.25, -0.2) is 4.79 Å². The maximum absolute atomic E-state index is 13.0. The molecule has 87 heavy (non-hydrogen) atoms. The zero-order valence-corrected chi connectivity index (χ0v) is 57.4. The highest BCUT2D eigenvalue weighted by Crippen LogP contribution is 2.18. The summed E-state index contributed by atoms with van der Waals surface area (Å²) in [5.41, 5.74) is 0. The van der Waals surface area contributed by atoms with E-state index in [1.807, 2.05) is 21.1 Å². The van der Waals surface area contributed by atoms with Gasteiger partial charge in [0.05, 0.1) is 34.4 Å². The average Bonchev–Trinajstić information content (AvgIpc) is 3.57. The zero-order chi connectivity index (χ0) is 63.3. The number of likely N-dealkylation sites (N-methyl/N-ethyl adjacent to an activating group) is 1. The van der Waals surface area contributed by atoms with Gasteiger partial charge in [-0.1, -0.05) is 310 Å². The predicted octanol–water partition coefficient (Wildman–Crippen LogP) is 22.8. The molecule has 0 fully saturated rings. The first-order valence-corrected chi connectivity index (χ1v) is 36.4.